The normalized spacial score (nSPS) is 9.61. The summed E-state index contributed by atoms with van der Waals surface area (Å²) in [4.78, 5) is 23.7. The van der Waals surface area contributed by atoms with Crippen molar-refractivity contribution in [1.82, 2.24) is 4.90 Å². The van der Waals surface area contributed by atoms with E-state index in [1.165, 1.54) is 12.1 Å². The Morgan fingerprint density at radius 1 is 1.50 bits per heavy atom. The summed E-state index contributed by atoms with van der Waals surface area (Å²) < 4.78 is 12.9. The number of nitrogens with zero attached hydrogens (tertiary/aromatic N) is 1. The fraction of sp³-hybridized carbons (Fsp3) is 0.231. The fourth-order valence-corrected chi connectivity index (χ4v) is 1.51. The summed E-state index contributed by atoms with van der Waals surface area (Å²) in [5.74, 6) is 0.0946. The molecule has 0 aromatic heterocycles. The highest BCUT2D eigenvalue weighted by atomic mass is 19.1. The summed E-state index contributed by atoms with van der Waals surface area (Å²) in [6.45, 7) is 0.979. The molecule has 0 atom stereocenters. The van der Waals surface area contributed by atoms with Crippen molar-refractivity contribution in [3.05, 3.63) is 35.1 Å². The highest BCUT2D eigenvalue weighted by molar-refractivity contribution is 5.97. The van der Waals surface area contributed by atoms with Crippen molar-refractivity contribution in [2.75, 3.05) is 13.1 Å². The number of terminal acetylenes is 1. The molecule has 0 aliphatic carbocycles. The lowest BCUT2D eigenvalue weighted by molar-refractivity contribution is -0.137. The lowest BCUT2D eigenvalue weighted by Crippen LogP contribution is -2.36. The maximum atomic E-state index is 12.9. The maximum absolute atomic E-state index is 12.9. The van der Waals surface area contributed by atoms with Crippen LogP contribution >= 0.6 is 0 Å². The van der Waals surface area contributed by atoms with Gasteiger partial charge in [0.2, 0.25) is 0 Å². The van der Waals surface area contributed by atoms with Crippen molar-refractivity contribution in [2.45, 2.75) is 6.92 Å². The van der Waals surface area contributed by atoms with Gasteiger partial charge in [0.05, 0.1) is 6.54 Å². The van der Waals surface area contributed by atoms with E-state index in [1.807, 2.05) is 0 Å². The first-order valence-corrected chi connectivity index (χ1v) is 5.16. The smallest absolute Gasteiger partial charge is 0.323 e. The average molecular weight is 249 g/mol. The van der Waals surface area contributed by atoms with Crippen LogP contribution in [-0.4, -0.2) is 35.0 Å². The Morgan fingerprint density at radius 3 is 2.67 bits per heavy atom. The SMILES string of the molecule is C#CCN(CC(=O)O)C(=O)c1ccc(F)cc1C. The number of carbonyl (C=O) groups is 2. The van der Waals surface area contributed by atoms with E-state index in [-0.39, 0.29) is 12.1 Å². The van der Waals surface area contributed by atoms with Gasteiger partial charge in [-0.15, -0.1) is 6.42 Å². The van der Waals surface area contributed by atoms with E-state index in [9.17, 15) is 14.0 Å². The number of amides is 1. The molecule has 1 N–H and O–H groups in total. The summed E-state index contributed by atoms with van der Waals surface area (Å²) in [5, 5.41) is 8.70. The lowest BCUT2D eigenvalue weighted by atomic mass is 10.1. The van der Waals surface area contributed by atoms with E-state index in [1.54, 1.807) is 6.92 Å². The lowest BCUT2D eigenvalue weighted by Gasteiger charge is -2.19. The van der Waals surface area contributed by atoms with Crippen molar-refractivity contribution in [3.63, 3.8) is 0 Å². The van der Waals surface area contributed by atoms with Crippen LogP contribution in [0.2, 0.25) is 0 Å². The van der Waals surface area contributed by atoms with Crippen molar-refractivity contribution in [2.24, 2.45) is 0 Å². The summed E-state index contributed by atoms with van der Waals surface area (Å²) in [6.07, 6.45) is 5.09. The van der Waals surface area contributed by atoms with E-state index in [0.717, 1.165) is 11.0 Å². The van der Waals surface area contributed by atoms with Crippen LogP contribution in [0.15, 0.2) is 18.2 Å². The molecule has 0 heterocycles. The summed E-state index contributed by atoms with van der Waals surface area (Å²) in [5.41, 5.74) is 0.681. The van der Waals surface area contributed by atoms with Crippen molar-refractivity contribution >= 4 is 11.9 Å². The predicted octanol–water partition coefficient (Wildman–Crippen LogP) is 1.29. The van der Waals surface area contributed by atoms with Gasteiger partial charge < -0.3 is 10.0 Å². The first kappa shape index (κ1) is 13.7. The zero-order chi connectivity index (χ0) is 13.7. The van der Waals surface area contributed by atoms with Crippen LogP contribution in [0.3, 0.4) is 0 Å². The molecule has 0 radical (unpaired) electrons. The second-order valence-corrected chi connectivity index (χ2v) is 3.72. The molecular formula is C13H12FNO3. The molecule has 0 aliphatic heterocycles. The number of carboxylic acid groups (broad SMARTS) is 1. The van der Waals surface area contributed by atoms with E-state index in [0.29, 0.717) is 5.56 Å². The highest BCUT2D eigenvalue weighted by Gasteiger charge is 2.19. The van der Waals surface area contributed by atoms with Crippen LogP contribution in [-0.2, 0) is 4.79 Å². The maximum Gasteiger partial charge on any atom is 0.323 e. The number of benzene rings is 1. The third-order valence-electron chi connectivity index (χ3n) is 2.31. The fourth-order valence-electron chi connectivity index (χ4n) is 1.51. The van der Waals surface area contributed by atoms with Crippen LogP contribution < -0.4 is 0 Å². The molecule has 1 amide bonds. The van der Waals surface area contributed by atoms with Gasteiger partial charge in [-0.3, -0.25) is 9.59 Å². The molecule has 18 heavy (non-hydrogen) atoms. The molecule has 1 aromatic carbocycles. The minimum Gasteiger partial charge on any atom is -0.480 e. The van der Waals surface area contributed by atoms with Crippen molar-refractivity contribution < 1.29 is 19.1 Å². The van der Waals surface area contributed by atoms with Gasteiger partial charge in [0.15, 0.2) is 0 Å². The Labute approximate surface area is 104 Å². The van der Waals surface area contributed by atoms with Crippen LogP contribution in [0, 0.1) is 25.1 Å². The summed E-state index contributed by atoms with van der Waals surface area (Å²) >= 11 is 0. The zero-order valence-electron chi connectivity index (χ0n) is 9.81. The molecular weight excluding hydrogens is 237 g/mol. The topological polar surface area (TPSA) is 57.6 Å². The van der Waals surface area contributed by atoms with Gasteiger partial charge in [0, 0.05) is 5.56 Å². The van der Waals surface area contributed by atoms with Gasteiger partial charge in [0.25, 0.3) is 5.91 Å². The standard InChI is InChI=1S/C13H12FNO3/c1-3-6-15(8-12(16)17)13(18)11-5-4-10(14)7-9(11)2/h1,4-5,7H,6,8H2,2H3,(H,16,17). The van der Waals surface area contributed by atoms with Crippen molar-refractivity contribution in [1.29, 1.82) is 0 Å². The van der Waals surface area contributed by atoms with Crippen LogP contribution in [0.25, 0.3) is 0 Å². The summed E-state index contributed by atoms with van der Waals surface area (Å²) in [6, 6.07) is 3.68. The minimum atomic E-state index is -1.15. The van der Waals surface area contributed by atoms with Gasteiger partial charge in [-0.25, -0.2) is 4.39 Å². The highest BCUT2D eigenvalue weighted by Crippen LogP contribution is 2.12. The molecule has 4 nitrogen and oxygen atoms in total. The van der Waals surface area contributed by atoms with E-state index in [4.69, 9.17) is 11.5 Å². The van der Waals surface area contributed by atoms with Gasteiger partial charge in [-0.2, -0.15) is 0 Å². The number of carbonyl (C=O) groups excluding carboxylic acids is 1. The Morgan fingerprint density at radius 2 is 2.17 bits per heavy atom. The second kappa shape index (κ2) is 5.82. The van der Waals surface area contributed by atoms with Gasteiger partial charge in [0.1, 0.15) is 12.4 Å². The number of aliphatic carboxylic acids is 1. The molecule has 1 aromatic rings. The molecule has 0 unspecified atom stereocenters. The molecule has 1 rings (SSSR count). The largest absolute Gasteiger partial charge is 0.480 e. The Hall–Kier alpha value is -2.35. The predicted molar refractivity (Wildman–Crippen MR) is 63.5 cm³/mol. The molecule has 0 saturated heterocycles. The van der Waals surface area contributed by atoms with Crippen LogP contribution in [0.5, 0.6) is 0 Å². The first-order chi connectivity index (χ1) is 8.45. The molecule has 0 saturated carbocycles. The number of halogens is 1. The Balaban J connectivity index is 3.02. The van der Waals surface area contributed by atoms with Gasteiger partial charge >= 0.3 is 5.97 Å². The van der Waals surface area contributed by atoms with E-state index < -0.39 is 24.2 Å². The number of carboxylic acids is 1. The van der Waals surface area contributed by atoms with Crippen LogP contribution in [0.4, 0.5) is 4.39 Å². The number of hydrogen-bond donors (Lipinski definition) is 1. The van der Waals surface area contributed by atoms with Gasteiger partial charge in [-0.1, -0.05) is 5.92 Å². The second-order valence-electron chi connectivity index (χ2n) is 3.72. The monoisotopic (exact) mass is 249 g/mol. The number of rotatable bonds is 4. The van der Waals surface area contributed by atoms with Gasteiger partial charge in [-0.05, 0) is 30.7 Å². The quantitative estimate of drug-likeness (QED) is 0.818. The molecule has 0 fully saturated rings. The molecule has 0 bridgehead atoms. The minimum absolute atomic E-state index is 0.109. The molecule has 0 aliphatic rings. The molecule has 0 spiro atoms. The van der Waals surface area contributed by atoms with Crippen molar-refractivity contribution in [3.8, 4) is 12.3 Å². The van der Waals surface area contributed by atoms with E-state index in [2.05, 4.69) is 5.92 Å². The van der Waals surface area contributed by atoms with Crippen LogP contribution in [0.1, 0.15) is 15.9 Å². The average Bonchev–Trinajstić information content (AvgIpc) is 2.27. The molecule has 5 heteroatoms. The first-order valence-electron chi connectivity index (χ1n) is 5.16. The number of hydrogen-bond acceptors (Lipinski definition) is 2. The van der Waals surface area contributed by atoms with E-state index >= 15 is 0 Å². The Kier molecular flexibility index (Phi) is 4.44. The third-order valence-corrected chi connectivity index (χ3v) is 2.31. The Bertz CT molecular complexity index is 519. The summed E-state index contributed by atoms with van der Waals surface area (Å²) in [7, 11) is 0. The third kappa shape index (κ3) is 3.32. The molecule has 94 valence electrons. The number of aryl methyl sites for hydroxylation is 1. The zero-order valence-corrected chi connectivity index (χ0v) is 9.81.